The highest BCUT2D eigenvalue weighted by Gasteiger charge is 2.11. The van der Waals surface area contributed by atoms with Gasteiger partial charge in [0.15, 0.2) is 0 Å². The van der Waals surface area contributed by atoms with Crippen LogP contribution in [0.25, 0.3) is 11.0 Å². The normalized spacial score (nSPS) is 11.3. The third-order valence-electron chi connectivity index (χ3n) is 3.17. The first-order chi connectivity index (χ1) is 9.28. The molecular weight excluding hydrogens is 254 g/mol. The Hall–Kier alpha value is -1.68. The number of rotatable bonds is 4. The zero-order valence-electron chi connectivity index (χ0n) is 11.3. The molecule has 2 aromatic heterocycles. The minimum atomic E-state index is 0.828. The minimum Gasteiger partial charge on any atom is -0.321 e. The van der Waals surface area contributed by atoms with Crippen molar-refractivity contribution in [1.29, 1.82) is 0 Å². The van der Waals surface area contributed by atoms with Crippen LogP contribution < -0.4 is 0 Å². The van der Waals surface area contributed by atoms with Crippen LogP contribution in [0.5, 0.6) is 0 Å². The van der Waals surface area contributed by atoms with E-state index in [1.54, 1.807) is 11.3 Å². The second-order valence-electron chi connectivity index (χ2n) is 4.74. The molecule has 2 heterocycles. The van der Waals surface area contributed by atoms with Gasteiger partial charge in [0.2, 0.25) is 0 Å². The Morgan fingerprint density at radius 3 is 2.79 bits per heavy atom. The number of hydrogen-bond acceptors (Lipinski definition) is 3. The third-order valence-corrected chi connectivity index (χ3v) is 4.12. The van der Waals surface area contributed by atoms with E-state index >= 15 is 0 Å². The Morgan fingerprint density at radius 1 is 1.21 bits per heavy atom. The molecule has 0 saturated heterocycles. The molecule has 0 N–H and O–H groups in total. The van der Waals surface area contributed by atoms with Crippen molar-refractivity contribution in [2.24, 2.45) is 0 Å². The molecule has 3 nitrogen and oxygen atoms in total. The van der Waals surface area contributed by atoms with Gasteiger partial charge in [0.25, 0.3) is 0 Å². The summed E-state index contributed by atoms with van der Waals surface area (Å²) in [4.78, 5) is 9.31. The fourth-order valence-corrected chi connectivity index (χ4v) is 3.09. The number of fused-ring (bicyclic) bond motifs is 1. The van der Waals surface area contributed by atoms with Crippen molar-refractivity contribution in [1.82, 2.24) is 14.5 Å². The van der Waals surface area contributed by atoms with Crippen molar-refractivity contribution in [3.63, 3.8) is 0 Å². The molecule has 1 aromatic carbocycles. The zero-order chi connectivity index (χ0) is 13.2. The van der Waals surface area contributed by atoms with Gasteiger partial charge in [-0.1, -0.05) is 19.1 Å². The molecule has 0 aliphatic heterocycles. The molecule has 0 saturated carbocycles. The van der Waals surface area contributed by atoms with Crippen molar-refractivity contribution in [3.8, 4) is 0 Å². The van der Waals surface area contributed by atoms with Crippen molar-refractivity contribution in [2.45, 2.75) is 33.2 Å². The van der Waals surface area contributed by atoms with E-state index in [-0.39, 0.29) is 0 Å². The summed E-state index contributed by atoms with van der Waals surface area (Å²) in [6.07, 6.45) is 2.12. The molecule has 98 valence electrons. The summed E-state index contributed by atoms with van der Waals surface area (Å²) in [6, 6.07) is 8.34. The average molecular weight is 271 g/mol. The molecule has 0 aliphatic rings. The summed E-state index contributed by atoms with van der Waals surface area (Å²) in [6.45, 7) is 5.06. The summed E-state index contributed by atoms with van der Waals surface area (Å²) in [5.74, 6) is 1.16. The molecule has 0 spiro atoms. The lowest BCUT2D eigenvalue weighted by molar-refractivity contribution is 0.718. The predicted molar refractivity (Wildman–Crippen MR) is 79.7 cm³/mol. The Balaban J connectivity index is 2.06. The van der Waals surface area contributed by atoms with E-state index in [4.69, 9.17) is 4.98 Å². The minimum absolute atomic E-state index is 0.828. The molecule has 3 rings (SSSR count). The van der Waals surface area contributed by atoms with Gasteiger partial charge in [-0.05, 0) is 25.5 Å². The smallest absolute Gasteiger partial charge is 0.113 e. The SMILES string of the molecule is CCCc1nc2ccccc2n1Cc1nc(C)cs1. The van der Waals surface area contributed by atoms with E-state index in [9.17, 15) is 0 Å². The summed E-state index contributed by atoms with van der Waals surface area (Å²) in [5, 5.41) is 3.26. The maximum Gasteiger partial charge on any atom is 0.113 e. The molecule has 19 heavy (non-hydrogen) atoms. The highest BCUT2D eigenvalue weighted by molar-refractivity contribution is 7.09. The number of aryl methyl sites for hydroxylation is 2. The van der Waals surface area contributed by atoms with Gasteiger partial charge in [-0.25, -0.2) is 9.97 Å². The number of benzene rings is 1. The van der Waals surface area contributed by atoms with Gasteiger partial charge in [0.05, 0.1) is 17.6 Å². The number of nitrogens with zero attached hydrogens (tertiary/aromatic N) is 3. The molecule has 0 amide bonds. The standard InChI is InChI=1S/C15H17N3S/c1-3-6-14-17-12-7-4-5-8-13(12)18(14)9-15-16-11(2)10-19-15/h4-5,7-8,10H,3,6,9H2,1-2H3. The van der Waals surface area contributed by atoms with E-state index < -0.39 is 0 Å². The van der Waals surface area contributed by atoms with Gasteiger partial charge in [0.1, 0.15) is 10.8 Å². The third kappa shape index (κ3) is 2.40. The summed E-state index contributed by atoms with van der Waals surface area (Å²) in [5.41, 5.74) is 3.39. The second kappa shape index (κ2) is 5.13. The van der Waals surface area contributed by atoms with Gasteiger partial charge in [0, 0.05) is 17.5 Å². The average Bonchev–Trinajstić information content (AvgIpc) is 2.96. The molecule has 0 fully saturated rings. The van der Waals surface area contributed by atoms with E-state index in [0.29, 0.717) is 0 Å². The first-order valence-corrected chi connectivity index (χ1v) is 7.51. The number of para-hydroxylation sites is 2. The number of aromatic nitrogens is 3. The highest BCUT2D eigenvalue weighted by Crippen LogP contribution is 2.20. The lowest BCUT2D eigenvalue weighted by Gasteiger charge is -2.06. The fraction of sp³-hybridized carbons (Fsp3) is 0.333. The molecule has 0 unspecified atom stereocenters. The quantitative estimate of drug-likeness (QED) is 0.722. The van der Waals surface area contributed by atoms with Crippen LogP contribution in [0.1, 0.15) is 29.9 Å². The molecule has 0 radical (unpaired) electrons. The van der Waals surface area contributed by atoms with Gasteiger partial charge in [-0.15, -0.1) is 11.3 Å². The first kappa shape index (κ1) is 12.4. The Labute approximate surface area is 116 Å². The van der Waals surface area contributed by atoms with Gasteiger partial charge in [-0.3, -0.25) is 0 Å². The van der Waals surface area contributed by atoms with Crippen LogP contribution in [0.4, 0.5) is 0 Å². The van der Waals surface area contributed by atoms with E-state index in [0.717, 1.165) is 41.4 Å². The molecule has 0 bridgehead atoms. The van der Waals surface area contributed by atoms with Crippen molar-refractivity contribution < 1.29 is 0 Å². The van der Waals surface area contributed by atoms with Crippen LogP contribution in [0.15, 0.2) is 29.6 Å². The van der Waals surface area contributed by atoms with Gasteiger partial charge < -0.3 is 4.57 Å². The fourth-order valence-electron chi connectivity index (χ4n) is 2.33. The molecule has 0 atom stereocenters. The maximum atomic E-state index is 4.75. The second-order valence-corrected chi connectivity index (χ2v) is 5.68. The Morgan fingerprint density at radius 2 is 2.05 bits per heavy atom. The van der Waals surface area contributed by atoms with E-state index in [2.05, 4.69) is 40.1 Å². The molecule has 4 heteroatoms. The summed E-state index contributed by atoms with van der Waals surface area (Å²) in [7, 11) is 0. The van der Waals surface area contributed by atoms with Crippen LogP contribution >= 0.6 is 11.3 Å². The lowest BCUT2D eigenvalue weighted by Crippen LogP contribution is -2.05. The number of hydrogen-bond donors (Lipinski definition) is 0. The lowest BCUT2D eigenvalue weighted by atomic mass is 10.3. The van der Waals surface area contributed by atoms with Crippen LogP contribution in [0, 0.1) is 6.92 Å². The Kier molecular flexibility index (Phi) is 3.34. The van der Waals surface area contributed by atoms with Gasteiger partial charge in [-0.2, -0.15) is 0 Å². The number of imidazole rings is 1. The topological polar surface area (TPSA) is 30.7 Å². The number of thiazole rings is 1. The summed E-state index contributed by atoms with van der Waals surface area (Å²) < 4.78 is 2.30. The maximum absolute atomic E-state index is 4.75. The first-order valence-electron chi connectivity index (χ1n) is 6.63. The monoisotopic (exact) mass is 271 g/mol. The van der Waals surface area contributed by atoms with Crippen LogP contribution in [-0.2, 0) is 13.0 Å². The van der Waals surface area contributed by atoms with Crippen LogP contribution in [-0.4, -0.2) is 14.5 Å². The summed E-state index contributed by atoms with van der Waals surface area (Å²) >= 11 is 1.72. The van der Waals surface area contributed by atoms with Gasteiger partial charge >= 0.3 is 0 Å². The van der Waals surface area contributed by atoms with Crippen molar-refractivity contribution in [2.75, 3.05) is 0 Å². The largest absolute Gasteiger partial charge is 0.321 e. The van der Waals surface area contributed by atoms with E-state index in [1.807, 2.05) is 13.0 Å². The van der Waals surface area contributed by atoms with Crippen molar-refractivity contribution in [3.05, 3.63) is 46.2 Å². The Bertz CT molecular complexity index is 696. The predicted octanol–water partition coefficient (Wildman–Crippen LogP) is 3.80. The molecule has 0 aliphatic carbocycles. The highest BCUT2D eigenvalue weighted by atomic mass is 32.1. The molecular formula is C15H17N3S. The van der Waals surface area contributed by atoms with Crippen LogP contribution in [0.3, 0.4) is 0 Å². The van der Waals surface area contributed by atoms with Crippen LogP contribution in [0.2, 0.25) is 0 Å². The molecule has 3 aromatic rings. The van der Waals surface area contributed by atoms with E-state index in [1.165, 1.54) is 5.52 Å². The van der Waals surface area contributed by atoms with Crippen molar-refractivity contribution >= 4 is 22.4 Å². The zero-order valence-corrected chi connectivity index (χ0v) is 12.1.